The topological polar surface area (TPSA) is 43.4 Å². The molecule has 0 N–H and O–H groups in total. The molecule has 0 heterocycles. The smallest absolute Gasteiger partial charge is 0.331 e. The van der Waals surface area contributed by atoms with Gasteiger partial charge in [0.15, 0.2) is 12.4 Å². The Hall–Kier alpha value is -2.27. The zero-order valence-corrected chi connectivity index (χ0v) is 13.0. The second-order valence-corrected chi connectivity index (χ2v) is 5.34. The maximum absolute atomic E-state index is 12.7. The number of esters is 1. The number of Topliss-reactive ketones (excluding diaryl/α,β-unsaturated/α-hetero) is 1. The van der Waals surface area contributed by atoms with E-state index in [4.69, 9.17) is 4.74 Å². The summed E-state index contributed by atoms with van der Waals surface area (Å²) in [5.41, 5.74) is 1.14. The Kier molecular flexibility index (Phi) is 5.61. The fourth-order valence-electron chi connectivity index (χ4n) is 1.64. The molecule has 0 saturated carbocycles. The van der Waals surface area contributed by atoms with Gasteiger partial charge < -0.3 is 4.74 Å². The highest BCUT2D eigenvalue weighted by Crippen LogP contribution is 2.11. The highest BCUT2D eigenvalue weighted by atomic mass is 79.9. The Bertz CT molecular complexity index is 691. The zero-order valence-electron chi connectivity index (χ0n) is 11.5. The van der Waals surface area contributed by atoms with Crippen molar-refractivity contribution >= 4 is 33.8 Å². The predicted molar refractivity (Wildman–Crippen MR) is 84.9 cm³/mol. The number of carbonyl (C=O) groups excluding carboxylic acids is 2. The van der Waals surface area contributed by atoms with Gasteiger partial charge in [-0.3, -0.25) is 4.79 Å². The number of benzene rings is 2. The fourth-order valence-corrected chi connectivity index (χ4v) is 1.91. The van der Waals surface area contributed by atoms with Gasteiger partial charge in [0.05, 0.1) is 0 Å². The highest BCUT2D eigenvalue weighted by molar-refractivity contribution is 9.10. The van der Waals surface area contributed by atoms with Gasteiger partial charge in [0.1, 0.15) is 5.82 Å². The van der Waals surface area contributed by atoms with E-state index in [2.05, 4.69) is 15.9 Å². The Morgan fingerprint density at radius 3 is 2.32 bits per heavy atom. The first-order chi connectivity index (χ1) is 10.5. The minimum absolute atomic E-state index is 0.281. The SMILES string of the molecule is O=C(/C=C/c1ccc(F)cc1)OCC(=O)c1ccc(Br)cc1. The second-order valence-electron chi connectivity index (χ2n) is 4.42. The molecule has 2 rings (SSSR count). The van der Waals surface area contributed by atoms with Crippen molar-refractivity contribution in [2.24, 2.45) is 0 Å². The van der Waals surface area contributed by atoms with Crippen LogP contribution in [0, 0.1) is 5.82 Å². The van der Waals surface area contributed by atoms with Crippen LogP contribution >= 0.6 is 15.9 Å². The van der Waals surface area contributed by atoms with Crippen LogP contribution in [-0.2, 0) is 9.53 Å². The lowest BCUT2D eigenvalue weighted by molar-refractivity contribution is -0.136. The summed E-state index contributed by atoms with van der Waals surface area (Å²) in [6.07, 6.45) is 2.69. The van der Waals surface area contributed by atoms with E-state index in [9.17, 15) is 14.0 Å². The Morgan fingerprint density at radius 2 is 1.68 bits per heavy atom. The van der Waals surface area contributed by atoms with E-state index in [1.54, 1.807) is 24.3 Å². The molecule has 0 saturated heterocycles. The molecule has 0 amide bonds. The van der Waals surface area contributed by atoms with E-state index in [1.165, 1.54) is 36.4 Å². The molecule has 0 atom stereocenters. The number of halogens is 2. The molecule has 0 aromatic heterocycles. The number of hydrogen-bond acceptors (Lipinski definition) is 3. The summed E-state index contributed by atoms with van der Waals surface area (Å²) in [7, 11) is 0. The third-order valence-electron chi connectivity index (χ3n) is 2.79. The molecule has 2 aromatic carbocycles. The van der Waals surface area contributed by atoms with Crippen LogP contribution in [0.25, 0.3) is 6.08 Å². The highest BCUT2D eigenvalue weighted by Gasteiger charge is 2.08. The van der Waals surface area contributed by atoms with Crippen LogP contribution in [0.3, 0.4) is 0 Å². The van der Waals surface area contributed by atoms with Gasteiger partial charge in [-0.05, 0) is 35.9 Å². The van der Waals surface area contributed by atoms with E-state index in [-0.39, 0.29) is 18.2 Å². The first-order valence-electron chi connectivity index (χ1n) is 6.44. The third kappa shape index (κ3) is 4.93. The molecule has 0 aliphatic carbocycles. The minimum atomic E-state index is -0.630. The number of hydrogen-bond donors (Lipinski definition) is 0. The predicted octanol–water partition coefficient (Wildman–Crippen LogP) is 4.03. The summed E-state index contributed by atoms with van der Waals surface area (Å²) in [6, 6.07) is 12.4. The maximum atomic E-state index is 12.7. The van der Waals surface area contributed by atoms with Crippen molar-refractivity contribution in [3.05, 3.63) is 76.0 Å². The molecule has 112 valence electrons. The number of carbonyl (C=O) groups is 2. The van der Waals surface area contributed by atoms with Crippen molar-refractivity contribution in [1.29, 1.82) is 0 Å². The third-order valence-corrected chi connectivity index (χ3v) is 3.32. The van der Waals surface area contributed by atoms with Crippen LogP contribution in [0.2, 0.25) is 0 Å². The monoisotopic (exact) mass is 362 g/mol. The van der Waals surface area contributed by atoms with Gasteiger partial charge in [-0.25, -0.2) is 9.18 Å². The van der Waals surface area contributed by atoms with Gasteiger partial charge in [0.2, 0.25) is 0 Å². The summed E-state index contributed by atoms with van der Waals surface area (Å²) in [5.74, 6) is -1.26. The second kappa shape index (κ2) is 7.66. The molecule has 2 aromatic rings. The van der Waals surface area contributed by atoms with Crippen LogP contribution in [0.1, 0.15) is 15.9 Å². The van der Waals surface area contributed by atoms with E-state index < -0.39 is 5.97 Å². The van der Waals surface area contributed by atoms with E-state index in [0.717, 1.165) is 4.47 Å². The van der Waals surface area contributed by atoms with Gasteiger partial charge in [0.25, 0.3) is 0 Å². The normalized spacial score (nSPS) is 10.6. The minimum Gasteiger partial charge on any atom is -0.454 e. The standard InChI is InChI=1S/C17H12BrFO3/c18-14-6-4-13(5-7-14)16(20)11-22-17(21)10-3-12-1-8-15(19)9-2-12/h1-10H,11H2/b10-3+. The summed E-state index contributed by atoms with van der Waals surface area (Å²) in [5, 5.41) is 0. The number of ether oxygens (including phenoxy) is 1. The summed E-state index contributed by atoms with van der Waals surface area (Å²) in [6.45, 7) is -0.325. The lowest BCUT2D eigenvalue weighted by Crippen LogP contribution is -2.12. The molecule has 0 unspecified atom stereocenters. The molecule has 0 spiro atoms. The Morgan fingerprint density at radius 1 is 1.05 bits per heavy atom. The van der Waals surface area contributed by atoms with Gasteiger partial charge in [-0.1, -0.05) is 40.2 Å². The van der Waals surface area contributed by atoms with Crippen molar-refractivity contribution in [3.8, 4) is 0 Å². The summed E-state index contributed by atoms with van der Waals surface area (Å²) < 4.78 is 18.5. The van der Waals surface area contributed by atoms with E-state index in [0.29, 0.717) is 11.1 Å². The molecule has 0 radical (unpaired) electrons. The van der Waals surface area contributed by atoms with Crippen LogP contribution in [0.5, 0.6) is 0 Å². The van der Waals surface area contributed by atoms with Gasteiger partial charge >= 0.3 is 5.97 Å². The van der Waals surface area contributed by atoms with Crippen LogP contribution in [0.4, 0.5) is 4.39 Å². The molecule has 0 fully saturated rings. The van der Waals surface area contributed by atoms with Crippen LogP contribution in [0.15, 0.2) is 59.1 Å². The fraction of sp³-hybridized carbons (Fsp3) is 0.0588. The zero-order chi connectivity index (χ0) is 15.9. The first-order valence-corrected chi connectivity index (χ1v) is 7.23. The molecular weight excluding hydrogens is 351 g/mol. The van der Waals surface area contributed by atoms with Crippen LogP contribution in [-0.4, -0.2) is 18.4 Å². The molecular formula is C17H12BrFO3. The van der Waals surface area contributed by atoms with Crippen molar-refractivity contribution < 1.29 is 18.7 Å². The lowest BCUT2D eigenvalue weighted by Gasteiger charge is -2.02. The average molecular weight is 363 g/mol. The summed E-state index contributed by atoms with van der Waals surface area (Å²) in [4.78, 5) is 23.3. The van der Waals surface area contributed by atoms with Gasteiger partial charge in [0, 0.05) is 16.1 Å². The van der Waals surface area contributed by atoms with Crippen molar-refractivity contribution in [1.82, 2.24) is 0 Å². The van der Waals surface area contributed by atoms with Crippen molar-refractivity contribution in [2.75, 3.05) is 6.61 Å². The summed E-state index contributed by atoms with van der Waals surface area (Å²) >= 11 is 3.27. The lowest BCUT2D eigenvalue weighted by atomic mass is 10.1. The van der Waals surface area contributed by atoms with Crippen molar-refractivity contribution in [2.45, 2.75) is 0 Å². The molecule has 0 aliphatic rings. The Labute approximate surface area is 135 Å². The maximum Gasteiger partial charge on any atom is 0.331 e. The van der Waals surface area contributed by atoms with E-state index >= 15 is 0 Å². The molecule has 3 nitrogen and oxygen atoms in total. The quantitative estimate of drug-likeness (QED) is 0.458. The molecule has 22 heavy (non-hydrogen) atoms. The average Bonchev–Trinajstić information content (AvgIpc) is 2.52. The Balaban J connectivity index is 1.86. The molecule has 5 heteroatoms. The number of rotatable bonds is 5. The molecule has 0 aliphatic heterocycles. The molecule has 0 bridgehead atoms. The number of ketones is 1. The first kappa shape index (κ1) is 16.1. The largest absolute Gasteiger partial charge is 0.454 e. The van der Waals surface area contributed by atoms with E-state index in [1.807, 2.05) is 0 Å². The van der Waals surface area contributed by atoms with Crippen molar-refractivity contribution in [3.63, 3.8) is 0 Å². The van der Waals surface area contributed by atoms with Crippen LogP contribution < -0.4 is 0 Å². The van der Waals surface area contributed by atoms with Gasteiger partial charge in [-0.2, -0.15) is 0 Å². The van der Waals surface area contributed by atoms with Gasteiger partial charge in [-0.15, -0.1) is 0 Å².